The number of carbonyl (C=O) groups is 3. The molecule has 0 radical (unpaired) electrons. The number of rotatable bonds is 6. The van der Waals surface area contributed by atoms with E-state index in [0.29, 0.717) is 30.2 Å². The highest BCUT2D eigenvalue weighted by Gasteiger charge is 2.67. The van der Waals surface area contributed by atoms with Gasteiger partial charge in [-0.3, -0.25) is 14.4 Å². The van der Waals surface area contributed by atoms with Crippen molar-refractivity contribution in [3.8, 4) is 0 Å². The first-order valence-electron chi connectivity index (χ1n) is 12.4. The summed E-state index contributed by atoms with van der Waals surface area (Å²) >= 11 is 6.78. The first-order chi connectivity index (χ1) is 15.1. The lowest BCUT2D eigenvalue weighted by Crippen LogP contribution is -2.58. The van der Waals surface area contributed by atoms with Gasteiger partial charge in [-0.2, -0.15) is 0 Å². The minimum Gasteiger partial charge on any atom is -0.450 e. The molecule has 0 heterocycles. The van der Waals surface area contributed by atoms with Crippen LogP contribution in [0.5, 0.6) is 0 Å². The van der Waals surface area contributed by atoms with E-state index in [1.165, 1.54) is 0 Å². The van der Waals surface area contributed by atoms with Gasteiger partial charge in [0, 0.05) is 23.3 Å². The molecule has 0 amide bonds. The third kappa shape index (κ3) is 3.43. The van der Waals surface area contributed by atoms with Crippen molar-refractivity contribution >= 4 is 29.1 Å². The lowest BCUT2D eigenvalue weighted by Gasteiger charge is -2.57. The Hall–Kier alpha value is -1.42. The van der Waals surface area contributed by atoms with Crippen LogP contribution in [-0.4, -0.2) is 23.1 Å². The van der Waals surface area contributed by atoms with E-state index in [4.69, 9.17) is 16.3 Å². The van der Waals surface area contributed by atoms with E-state index in [1.807, 2.05) is 0 Å². The predicted octanol–water partition coefficient (Wildman–Crippen LogP) is 6.31. The third-order valence-corrected chi connectivity index (χ3v) is 9.85. The van der Waals surface area contributed by atoms with Crippen molar-refractivity contribution in [2.75, 3.05) is 0 Å². The SMILES string of the molecule is CCCCCC(=O)O[C@]1(C(C)=O)CC[C@H]2[C@@H]3C=C(Cl)C4=CC(=O)CC[C@]4(C)[C@H]3CC[C@@]21C. The number of ether oxygens (including phenoxy) is 1. The van der Waals surface area contributed by atoms with E-state index in [-0.39, 0.29) is 34.8 Å². The molecule has 0 bridgehead atoms. The van der Waals surface area contributed by atoms with Crippen molar-refractivity contribution in [2.24, 2.45) is 28.6 Å². The molecule has 0 aromatic heterocycles. The van der Waals surface area contributed by atoms with E-state index in [2.05, 4.69) is 26.8 Å². The van der Waals surface area contributed by atoms with Crippen LogP contribution in [0.1, 0.15) is 91.9 Å². The van der Waals surface area contributed by atoms with Crippen LogP contribution in [0.25, 0.3) is 0 Å². The summed E-state index contributed by atoms with van der Waals surface area (Å²) < 4.78 is 6.13. The standard InChI is InChI=1S/C27H37ClO4/c1-5-6-7-8-24(31)32-27(17(2)29)14-11-21-19-16-23(28)22-15-18(30)9-12-25(22,3)20(19)10-13-26(21,27)4/h15-16,19-21H,5-14H2,1-4H3/t19-,20+,21+,25-,26+,27+/m1/s1. The van der Waals surface area contributed by atoms with Gasteiger partial charge in [0.25, 0.3) is 0 Å². The summed E-state index contributed by atoms with van der Waals surface area (Å²) in [5.74, 6) is 0.763. The summed E-state index contributed by atoms with van der Waals surface area (Å²) in [4.78, 5) is 37.9. The molecule has 0 unspecified atom stereocenters. The maximum absolute atomic E-state index is 13.1. The largest absolute Gasteiger partial charge is 0.450 e. The van der Waals surface area contributed by atoms with Gasteiger partial charge < -0.3 is 4.74 Å². The molecule has 4 rings (SSSR count). The van der Waals surface area contributed by atoms with Crippen LogP contribution in [0, 0.1) is 28.6 Å². The molecule has 0 N–H and O–H groups in total. The van der Waals surface area contributed by atoms with Crippen LogP contribution in [0.2, 0.25) is 0 Å². The number of esters is 1. The van der Waals surface area contributed by atoms with E-state index >= 15 is 0 Å². The number of hydrogen-bond donors (Lipinski definition) is 0. The van der Waals surface area contributed by atoms with Crippen LogP contribution in [0.15, 0.2) is 22.8 Å². The second-order valence-corrected chi connectivity index (χ2v) is 11.5. The quantitative estimate of drug-likeness (QED) is 0.344. The van der Waals surface area contributed by atoms with Gasteiger partial charge in [0.15, 0.2) is 17.2 Å². The van der Waals surface area contributed by atoms with Crippen LogP contribution in [0.3, 0.4) is 0 Å². The Balaban J connectivity index is 1.67. The topological polar surface area (TPSA) is 60.4 Å². The smallest absolute Gasteiger partial charge is 0.306 e. The Morgan fingerprint density at radius 3 is 2.53 bits per heavy atom. The maximum Gasteiger partial charge on any atom is 0.306 e. The number of hydrogen-bond acceptors (Lipinski definition) is 4. The highest BCUT2D eigenvalue weighted by Crippen LogP contribution is 2.68. The van der Waals surface area contributed by atoms with E-state index in [9.17, 15) is 14.4 Å². The van der Waals surface area contributed by atoms with Gasteiger partial charge in [0.1, 0.15) is 0 Å². The lowest BCUT2D eigenvalue weighted by molar-refractivity contribution is -0.187. The third-order valence-electron chi connectivity index (χ3n) is 9.52. The summed E-state index contributed by atoms with van der Waals surface area (Å²) in [6, 6.07) is 0. The second-order valence-electron chi connectivity index (χ2n) is 11.1. The number of fused-ring (bicyclic) bond motifs is 5. The molecule has 0 saturated heterocycles. The van der Waals surface area contributed by atoms with Crippen molar-refractivity contribution < 1.29 is 19.1 Å². The molecule has 4 nitrogen and oxygen atoms in total. The molecule has 2 fully saturated rings. The Morgan fingerprint density at radius 1 is 1.12 bits per heavy atom. The molecule has 176 valence electrons. The highest BCUT2D eigenvalue weighted by molar-refractivity contribution is 6.32. The first-order valence-corrected chi connectivity index (χ1v) is 12.8. The Morgan fingerprint density at radius 2 is 1.84 bits per heavy atom. The Kier molecular flexibility index (Phi) is 6.24. The molecule has 0 aliphatic heterocycles. The summed E-state index contributed by atoms with van der Waals surface area (Å²) in [6.45, 7) is 8.14. The van der Waals surface area contributed by atoms with Gasteiger partial charge in [-0.1, -0.05) is 51.3 Å². The number of ketones is 2. The predicted molar refractivity (Wildman–Crippen MR) is 125 cm³/mol. The van der Waals surface area contributed by atoms with Crippen LogP contribution >= 0.6 is 11.6 Å². The number of halogens is 1. The monoisotopic (exact) mass is 460 g/mol. The fourth-order valence-corrected chi connectivity index (χ4v) is 8.07. The summed E-state index contributed by atoms with van der Waals surface area (Å²) in [5.41, 5.74) is -0.537. The van der Waals surface area contributed by atoms with Crippen molar-refractivity contribution in [3.63, 3.8) is 0 Å². The molecule has 32 heavy (non-hydrogen) atoms. The van der Waals surface area contributed by atoms with Gasteiger partial charge in [0.05, 0.1) is 0 Å². The summed E-state index contributed by atoms with van der Waals surface area (Å²) in [7, 11) is 0. The highest BCUT2D eigenvalue weighted by atomic mass is 35.5. The zero-order valence-corrected chi connectivity index (χ0v) is 20.7. The van der Waals surface area contributed by atoms with Crippen LogP contribution < -0.4 is 0 Å². The molecule has 2 saturated carbocycles. The number of unbranched alkanes of at least 4 members (excludes halogenated alkanes) is 2. The Labute approximate surface area is 197 Å². The summed E-state index contributed by atoms with van der Waals surface area (Å²) in [6.07, 6.45) is 11.8. The number of allylic oxidation sites excluding steroid dienone is 4. The molecule has 0 spiro atoms. The maximum atomic E-state index is 13.1. The van der Waals surface area contributed by atoms with Crippen molar-refractivity contribution in [2.45, 2.75) is 97.5 Å². The minimum atomic E-state index is -1.04. The zero-order valence-electron chi connectivity index (χ0n) is 20.0. The molecule has 5 heteroatoms. The molecular weight excluding hydrogens is 424 g/mol. The van der Waals surface area contributed by atoms with Crippen molar-refractivity contribution in [1.82, 2.24) is 0 Å². The molecule has 0 aromatic rings. The Bertz CT molecular complexity index is 888. The molecule has 6 atom stereocenters. The van der Waals surface area contributed by atoms with Gasteiger partial charge in [0.2, 0.25) is 0 Å². The van der Waals surface area contributed by atoms with Gasteiger partial charge in [-0.25, -0.2) is 0 Å². The van der Waals surface area contributed by atoms with Gasteiger partial charge in [-0.05, 0) is 80.3 Å². The van der Waals surface area contributed by atoms with E-state index in [0.717, 1.165) is 50.5 Å². The van der Waals surface area contributed by atoms with Crippen molar-refractivity contribution in [3.05, 3.63) is 22.8 Å². The summed E-state index contributed by atoms with van der Waals surface area (Å²) in [5, 5.41) is 0.697. The van der Waals surface area contributed by atoms with E-state index < -0.39 is 11.0 Å². The lowest BCUT2D eigenvalue weighted by atomic mass is 9.48. The molecule has 4 aliphatic rings. The average molecular weight is 461 g/mol. The number of Topliss-reactive ketones (excluding diaryl/α,β-unsaturated/α-hetero) is 1. The molecule has 0 aromatic carbocycles. The normalized spacial score (nSPS) is 40.5. The van der Waals surface area contributed by atoms with Crippen LogP contribution in [-0.2, 0) is 19.1 Å². The fraction of sp³-hybridized carbons (Fsp3) is 0.741. The molecular formula is C27H37ClO4. The zero-order chi connectivity index (χ0) is 23.3. The van der Waals surface area contributed by atoms with E-state index in [1.54, 1.807) is 13.0 Å². The number of carbonyl (C=O) groups excluding carboxylic acids is 3. The first kappa shape index (κ1) is 23.7. The average Bonchev–Trinajstić information content (AvgIpc) is 3.03. The molecule has 4 aliphatic carbocycles. The van der Waals surface area contributed by atoms with Gasteiger partial charge >= 0.3 is 5.97 Å². The van der Waals surface area contributed by atoms with Gasteiger partial charge in [-0.15, -0.1) is 0 Å². The van der Waals surface area contributed by atoms with Crippen LogP contribution in [0.4, 0.5) is 0 Å². The second kappa shape index (κ2) is 8.42. The minimum absolute atomic E-state index is 0.0225. The fourth-order valence-electron chi connectivity index (χ4n) is 7.65. The van der Waals surface area contributed by atoms with Crippen molar-refractivity contribution in [1.29, 1.82) is 0 Å².